The molecule has 1 saturated heterocycles. The Morgan fingerprint density at radius 3 is 2.71 bits per heavy atom. The molecule has 0 radical (unpaired) electrons. The third-order valence-electron chi connectivity index (χ3n) is 3.30. The molecule has 7 heteroatoms. The summed E-state index contributed by atoms with van der Waals surface area (Å²) in [6.07, 6.45) is 1.72. The number of thioether (sulfide) groups is 1. The van der Waals surface area contributed by atoms with Crippen LogP contribution in [0, 0.1) is 0 Å². The summed E-state index contributed by atoms with van der Waals surface area (Å²) in [5.41, 5.74) is 6.51. The number of amides is 1. The zero-order valence-electron chi connectivity index (χ0n) is 11.7. The highest BCUT2D eigenvalue weighted by molar-refractivity contribution is 7.99. The zero-order chi connectivity index (χ0) is 15.4. The second-order valence-electron chi connectivity index (χ2n) is 4.93. The molecule has 0 spiro atoms. The van der Waals surface area contributed by atoms with Gasteiger partial charge in [0.05, 0.1) is 21.8 Å². The molecule has 3 N–H and O–H groups in total. The minimum Gasteiger partial charge on any atom is -0.399 e. The van der Waals surface area contributed by atoms with Crippen LogP contribution in [0.4, 0.5) is 11.4 Å². The summed E-state index contributed by atoms with van der Waals surface area (Å²) in [6.45, 7) is 2.88. The van der Waals surface area contributed by atoms with Crippen molar-refractivity contribution >= 4 is 52.2 Å². The van der Waals surface area contributed by atoms with Gasteiger partial charge in [0.1, 0.15) is 0 Å². The average Bonchev–Trinajstić information content (AvgIpc) is 2.80. The summed E-state index contributed by atoms with van der Waals surface area (Å²) >= 11 is 13.8. The van der Waals surface area contributed by atoms with E-state index in [-0.39, 0.29) is 12.0 Å². The summed E-state index contributed by atoms with van der Waals surface area (Å²) in [6, 6.07) is 3.13. The van der Waals surface area contributed by atoms with E-state index in [4.69, 9.17) is 33.7 Å². The van der Waals surface area contributed by atoms with E-state index >= 15 is 0 Å². The van der Waals surface area contributed by atoms with E-state index in [1.807, 2.05) is 0 Å². The number of ether oxygens (including phenoxy) is 1. The van der Waals surface area contributed by atoms with E-state index in [1.54, 1.807) is 23.9 Å². The number of nitrogen functional groups attached to an aromatic ring is 1. The van der Waals surface area contributed by atoms with Crippen LogP contribution in [0.5, 0.6) is 0 Å². The van der Waals surface area contributed by atoms with E-state index in [0.29, 0.717) is 33.1 Å². The number of nitrogens with two attached hydrogens (primary N) is 1. The number of benzene rings is 1. The third kappa shape index (κ3) is 4.68. The molecule has 0 saturated carbocycles. The van der Waals surface area contributed by atoms with Gasteiger partial charge in [0.15, 0.2) is 0 Å². The number of hydrogen-bond donors (Lipinski definition) is 2. The first-order valence-electron chi connectivity index (χ1n) is 6.75. The van der Waals surface area contributed by atoms with Crippen LogP contribution in [-0.4, -0.2) is 29.6 Å². The largest absolute Gasteiger partial charge is 0.399 e. The standard InChI is InChI=1S/C14H18Cl2N2O2S/c1-8-12(2-4-20-8)21-5-3-13(19)18-14-10(15)6-9(17)7-11(14)16/h6-8,12H,2-5,17H2,1H3,(H,18,19). The lowest BCUT2D eigenvalue weighted by Crippen LogP contribution is -2.17. The van der Waals surface area contributed by atoms with Gasteiger partial charge in [0.2, 0.25) is 5.91 Å². The number of carbonyl (C=O) groups excluding carboxylic acids is 1. The van der Waals surface area contributed by atoms with Gasteiger partial charge in [-0.2, -0.15) is 11.8 Å². The molecule has 2 rings (SSSR count). The van der Waals surface area contributed by atoms with Crippen molar-refractivity contribution in [2.45, 2.75) is 31.1 Å². The van der Waals surface area contributed by atoms with Crippen LogP contribution in [0.25, 0.3) is 0 Å². The fourth-order valence-corrected chi connectivity index (χ4v) is 3.96. The quantitative estimate of drug-likeness (QED) is 0.794. The Labute approximate surface area is 138 Å². The topological polar surface area (TPSA) is 64.3 Å². The molecule has 1 amide bonds. The molecular formula is C14H18Cl2N2O2S. The van der Waals surface area contributed by atoms with Gasteiger partial charge >= 0.3 is 0 Å². The number of rotatable bonds is 5. The van der Waals surface area contributed by atoms with Gasteiger partial charge in [-0.1, -0.05) is 23.2 Å². The Morgan fingerprint density at radius 2 is 2.14 bits per heavy atom. The van der Waals surface area contributed by atoms with Gasteiger partial charge in [0, 0.05) is 29.7 Å². The first-order valence-corrected chi connectivity index (χ1v) is 8.55. The van der Waals surface area contributed by atoms with Crippen molar-refractivity contribution in [2.75, 3.05) is 23.4 Å². The van der Waals surface area contributed by atoms with Crippen molar-refractivity contribution in [3.63, 3.8) is 0 Å². The van der Waals surface area contributed by atoms with Crippen molar-refractivity contribution in [3.8, 4) is 0 Å². The third-order valence-corrected chi connectivity index (χ3v) is 5.38. The summed E-state index contributed by atoms with van der Waals surface area (Å²) in [5, 5.41) is 3.91. The lowest BCUT2D eigenvalue weighted by molar-refractivity contribution is -0.115. The van der Waals surface area contributed by atoms with Crippen LogP contribution in [-0.2, 0) is 9.53 Å². The molecule has 1 aliphatic heterocycles. The van der Waals surface area contributed by atoms with Gasteiger partial charge < -0.3 is 15.8 Å². The first-order chi connectivity index (χ1) is 9.97. The van der Waals surface area contributed by atoms with Crippen molar-refractivity contribution in [3.05, 3.63) is 22.2 Å². The minimum atomic E-state index is -0.109. The summed E-state index contributed by atoms with van der Waals surface area (Å²) in [4.78, 5) is 12.0. The Balaban J connectivity index is 1.82. The monoisotopic (exact) mass is 348 g/mol. The maximum Gasteiger partial charge on any atom is 0.225 e. The normalized spacial score (nSPS) is 21.5. The molecule has 0 aromatic heterocycles. The Hall–Kier alpha value is -0.620. The van der Waals surface area contributed by atoms with Gasteiger partial charge in [-0.25, -0.2) is 0 Å². The molecule has 2 atom stereocenters. The van der Waals surface area contributed by atoms with E-state index < -0.39 is 0 Å². The lowest BCUT2D eigenvalue weighted by atomic mass is 10.2. The molecular weight excluding hydrogens is 331 g/mol. The van der Waals surface area contributed by atoms with Gasteiger partial charge in [-0.15, -0.1) is 0 Å². The fourth-order valence-electron chi connectivity index (χ4n) is 2.15. The Kier molecular flexibility index (Phi) is 6.05. The highest BCUT2D eigenvalue weighted by Crippen LogP contribution is 2.33. The number of nitrogens with one attached hydrogen (secondary N) is 1. The smallest absolute Gasteiger partial charge is 0.225 e. The molecule has 1 aliphatic rings. The van der Waals surface area contributed by atoms with Crippen molar-refractivity contribution < 1.29 is 9.53 Å². The average molecular weight is 349 g/mol. The van der Waals surface area contributed by atoms with Gasteiger partial charge in [-0.05, 0) is 25.5 Å². The lowest BCUT2D eigenvalue weighted by Gasteiger charge is -2.14. The number of anilines is 2. The maximum atomic E-state index is 12.0. The van der Waals surface area contributed by atoms with Crippen LogP contribution < -0.4 is 11.1 Å². The van der Waals surface area contributed by atoms with Crippen LogP contribution in [0.15, 0.2) is 12.1 Å². The highest BCUT2D eigenvalue weighted by Gasteiger charge is 2.24. The van der Waals surface area contributed by atoms with E-state index in [0.717, 1.165) is 18.8 Å². The zero-order valence-corrected chi connectivity index (χ0v) is 14.0. The van der Waals surface area contributed by atoms with Crippen molar-refractivity contribution in [1.82, 2.24) is 0 Å². The second kappa shape index (κ2) is 7.58. The molecule has 1 heterocycles. The summed E-state index contributed by atoms with van der Waals surface area (Å²) in [7, 11) is 0. The Bertz CT molecular complexity index is 505. The molecule has 1 aromatic rings. The van der Waals surface area contributed by atoms with Gasteiger partial charge in [-0.3, -0.25) is 4.79 Å². The summed E-state index contributed by atoms with van der Waals surface area (Å²) in [5.74, 6) is 0.636. The van der Waals surface area contributed by atoms with Gasteiger partial charge in [0.25, 0.3) is 0 Å². The first kappa shape index (κ1) is 16.7. The van der Waals surface area contributed by atoms with E-state index in [2.05, 4.69) is 12.2 Å². The Morgan fingerprint density at radius 1 is 1.48 bits per heavy atom. The van der Waals surface area contributed by atoms with Crippen molar-refractivity contribution in [2.24, 2.45) is 0 Å². The fraction of sp³-hybridized carbons (Fsp3) is 0.500. The minimum absolute atomic E-state index is 0.109. The molecule has 21 heavy (non-hydrogen) atoms. The molecule has 2 unspecified atom stereocenters. The molecule has 4 nitrogen and oxygen atoms in total. The predicted octanol–water partition coefficient (Wildman–Crippen LogP) is 3.81. The van der Waals surface area contributed by atoms with Crippen LogP contribution in [0.2, 0.25) is 10.0 Å². The van der Waals surface area contributed by atoms with Crippen LogP contribution >= 0.6 is 35.0 Å². The molecule has 116 valence electrons. The highest BCUT2D eigenvalue weighted by atomic mass is 35.5. The number of carbonyl (C=O) groups is 1. The maximum absolute atomic E-state index is 12.0. The number of halogens is 2. The van der Waals surface area contributed by atoms with Crippen LogP contribution in [0.1, 0.15) is 19.8 Å². The summed E-state index contributed by atoms with van der Waals surface area (Å²) < 4.78 is 5.49. The predicted molar refractivity (Wildman–Crippen MR) is 90.4 cm³/mol. The van der Waals surface area contributed by atoms with Crippen LogP contribution in [0.3, 0.4) is 0 Å². The number of hydrogen-bond acceptors (Lipinski definition) is 4. The second-order valence-corrected chi connectivity index (χ2v) is 7.09. The molecule has 0 bridgehead atoms. The SMILES string of the molecule is CC1OCCC1SCCC(=O)Nc1c(Cl)cc(N)cc1Cl. The molecule has 1 aromatic carbocycles. The molecule has 1 fully saturated rings. The van der Waals surface area contributed by atoms with E-state index in [1.165, 1.54) is 0 Å². The van der Waals surface area contributed by atoms with E-state index in [9.17, 15) is 4.79 Å². The van der Waals surface area contributed by atoms with Crippen molar-refractivity contribution in [1.29, 1.82) is 0 Å². The molecule has 0 aliphatic carbocycles.